The summed E-state index contributed by atoms with van der Waals surface area (Å²) in [5.41, 5.74) is 6.89. The minimum Gasteiger partial charge on any atom is -0.493 e. The van der Waals surface area contributed by atoms with E-state index in [4.69, 9.17) is 19.9 Å². The number of hydrogen-bond acceptors (Lipinski definition) is 5. The van der Waals surface area contributed by atoms with Crippen LogP contribution in [0.15, 0.2) is 12.1 Å². The molecule has 0 bridgehead atoms. The Bertz CT molecular complexity index is 436. The zero-order chi connectivity index (χ0) is 13.8. The van der Waals surface area contributed by atoms with E-state index >= 15 is 0 Å². The van der Waals surface area contributed by atoms with Crippen LogP contribution in [0.1, 0.15) is 37.8 Å². The Balaban J connectivity index is 2.20. The maximum absolute atomic E-state index is 10.1. The Hall–Kier alpha value is -1.46. The van der Waals surface area contributed by atoms with Crippen molar-refractivity contribution in [2.45, 2.75) is 38.3 Å². The largest absolute Gasteiger partial charge is 0.493 e. The van der Waals surface area contributed by atoms with Gasteiger partial charge in [0.25, 0.3) is 0 Å². The number of rotatable bonds is 6. The summed E-state index contributed by atoms with van der Waals surface area (Å²) in [4.78, 5) is 0. The number of fused-ring (bicyclic) bond motifs is 1. The van der Waals surface area contributed by atoms with Crippen molar-refractivity contribution in [1.82, 2.24) is 0 Å². The van der Waals surface area contributed by atoms with Gasteiger partial charge in [0.05, 0.1) is 19.3 Å². The summed E-state index contributed by atoms with van der Waals surface area (Å²) in [6.07, 6.45) is 2.11. The molecule has 0 aliphatic carbocycles. The van der Waals surface area contributed by atoms with Crippen molar-refractivity contribution in [1.29, 1.82) is 0 Å². The minimum atomic E-state index is -0.565. The van der Waals surface area contributed by atoms with E-state index in [0.29, 0.717) is 23.7 Å². The molecule has 0 fully saturated rings. The van der Waals surface area contributed by atoms with Gasteiger partial charge in [0.1, 0.15) is 0 Å². The van der Waals surface area contributed by atoms with E-state index < -0.39 is 12.1 Å². The molecule has 2 atom stereocenters. The molecule has 0 amide bonds. The fourth-order valence-electron chi connectivity index (χ4n) is 2.16. The van der Waals surface area contributed by atoms with Crippen LogP contribution in [0.5, 0.6) is 17.2 Å². The molecule has 3 N–H and O–H groups in total. The molecular weight excluding hydrogens is 246 g/mol. The van der Waals surface area contributed by atoms with E-state index in [2.05, 4.69) is 6.92 Å². The van der Waals surface area contributed by atoms with Crippen LogP contribution in [-0.4, -0.2) is 25.1 Å². The highest BCUT2D eigenvalue weighted by Crippen LogP contribution is 2.43. The van der Waals surface area contributed by atoms with E-state index in [1.165, 1.54) is 0 Å². The summed E-state index contributed by atoms with van der Waals surface area (Å²) >= 11 is 0. The molecule has 106 valence electrons. The second-order valence-electron chi connectivity index (χ2n) is 4.69. The van der Waals surface area contributed by atoms with Crippen molar-refractivity contribution in [2.24, 2.45) is 5.73 Å². The molecule has 5 heteroatoms. The average molecular weight is 267 g/mol. The molecule has 0 radical (unpaired) electrons. The fourth-order valence-corrected chi connectivity index (χ4v) is 2.16. The smallest absolute Gasteiger partial charge is 0.231 e. The summed E-state index contributed by atoms with van der Waals surface area (Å²) in [7, 11) is 1.57. The van der Waals surface area contributed by atoms with Crippen LogP contribution < -0.4 is 19.9 Å². The molecular formula is C14H21NO4. The Kier molecular flexibility index (Phi) is 4.50. The lowest BCUT2D eigenvalue weighted by molar-refractivity contribution is 0.132. The monoisotopic (exact) mass is 267 g/mol. The molecule has 0 aromatic heterocycles. The van der Waals surface area contributed by atoms with Gasteiger partial charge in [-0.2, -0.15) is 0 Å². The molecule has 0 unspecified atom stereocenters. The van der Waals surface area contributed by atoms with Gasteiger partial charge in [0, 0.05) is 0 Å². The van der Waals surface area contributed by atoms with Crippen LogP contribution >= 0.6 is 0 Å². The van der Waals surface area contributed by atoms with Crippen LogP contribution in [0.2, 0.25) is 0 Å². The average Bonchev–Trinajstić information content (AvgIpc) is 2.90. The van der Waals surface area contributed by atoms with Crippen LogP contribution in [0.25, 0.3) is 0 Å². The van der Waals surface area contributed by atoms with Gasteiger partial charge < -0.3 is 25.1 Å². The van der Waals surface area contributed by atoms with Gasteiger partial charge in [-0.05, 0) is 24.1 Å². The lowest BCUT2D eigenvalue weighted by atomic mass is 9.97. The number of ether oxygens (including phenoxy) is 3. The third kappa shape index (κ3) is 2.93. The Morgan fingerprint density at radius 2 is 2.21 bits per heavy atom. The summed E-state index contributed by atoms with van der Waals surface area (Å²) in [6.45, 7) is 2.27. The van der Waals surface area contributed by atoms with Crippen LogP contribution in [-0.2, 0) is 0 Å². The number of aliphatic hydroxyl groups excluding tert-OH is 1. The normalized spacial score (nSPS) is 16.2. The molecule has 19 heavy (non-hydrogen) atoms. The van der Waals surface area contributed by atoms with Crippen LogP contribution in [0.4, 0.5) is 0 Å². The maximum Gasteiger partial charge on any atom is 0.231 e. The second kappa shape index (κ2) is 6.12. The number of benzene rings is 1. The third-order valence-electron chi connectivity index (χ3n) is 3.33. The predicted molar refractivity (Wildman–Crippen MR) is 71.6 cm³/mol. The molecule has 1 aromatic carbocycles. The minimum absolute atomic E-state index is 0.183. The van der Waals surface area contributed by atoms with Gasteiger partial charge in [0.15, 0.2) is 11.5 Å². The summed E-state index contributed by atoms with van der Waals surface area (Å²) in [5, 5.41) is 10.1. The zero-order valence-electron chi connectivity index (χ0n) is 11.4. The van der Waals surface area contributed by atoms with Crippen LogP contribution in [0, 0.1) is 0 Å². The van der Waals surface area contributed by atoms with Gasteiger partial charge in [-0.3, -0.25) is 0 Å². The van der Waals surface area contributed by atoms with Gasteiger partial charge >= 0.3 is 0 Å². The molecule has 0 spiro atoms. The second-order valence-corrected chi connectivity index (χ2v) is 4.69. The Morgan fingerprint density at radius 1 is 1.42 bits per heavy atom. The molecule has 1 aliphatic rings. The Morgan fingerprint density at radius 3 is 2.89 bits per heavy atom. The van der Waals surface area contributed by atoms with E-state index in [-0.39, 0.29) is 6.79 Å². The quantitative estimate of drug-likeness (QED) is 0.824. The number of aliphatic hydroxyl groups is 1. The first-order valence-electron chi connectivity index (χ1n) is 6.58. The topological polar surface area (TPSA) is 73.9 Å². The highest BCUT2D eigenvalue weighted by Gasteiger charge is 2.24. The van der Waals surface area contributed by atoms with Crippen molar-refractivity contribution in [3.8, 4) is 17.2 Å². The van der Waals surface area contributed by atoms with Crippen LogP contribution in [0.3, 0.4) is 0 Å². The van der Waals surface area contributed by atoms with E-state index in [1.54, 1.807) is 13.2 Å². The number of nitrogens with two attached hydrogens (primary N) is 1. The molecule has 2 rings (SSSR count). The first kappa shape index (κ1) is 14.0. The standard InChI is InChI=1S/C14H21NO4/c1-3-4-5-10(16)13(15)9-6-11(17-2)14-12(7-9)18-8-19-14/h6-7,10,13,16H,3-5,8,15H2,1-2H3/t10-,13+/m1/s1. The zero-order valence-corrected chi connectivity index (χ0v) is 11.4. The number of methoxy groups -OCH3 is 1. The van der Waals surface area contributed by atoms with E-state index in [0.717, 1.165) is 18.4 Å². The molecule has 5 nitrogen and oxygen atoms in total. The van der Waals surface area contributed by atoms with Crippen molar-refractivity contribution >= 4 is 0 Å². The van der Waals surface area contributed by atoms with E-state index in [1.807, 2.05) is 6.07 Å². The fraction of sp³-hybridized carbons (Fsp3) is 0.571. The number of unbranched alkanes of at least 4 members (excludes halogenated alkanes) is 1. The molecule has 1 aliphatic heterocycles. The summed E-state index contributed by atoms with van der Waals surface area (Å²) < 4.78 is 15.9. The van der Waals surface area contributed by atoms with Gasteiger partial charge in [-0.15, -0.1) is 0 Å². The van der Waals surface area contributed by atoms with Crippen molar-refractivity contribution < 1.29 is 19.3 Å². The van der Waals surface area contributed by atoms with Gasteiger partial charge in [0.2, 0.25) is 12.5 Å². The molecule has 0 saturated heterocycles. The predicted octanol–water partition coefficient (Wildman–Crippen LogP) is 1.97. The summed E-state index contributed by atoms with van der Waals surface area (Å²) in [5.74, 6) is 1.80. The molecule has 0 saturated carbocycles. The molecule has 1 heterocycles. The lowest BCUT2D eigenvalue weighted by Crippen LogP contribution is -2.26. The van der Waals surface area contributed by atoms with Crippen molar-refractivity contribution in [3.63, 3.8) is 0 Å². The Labute approximate surface area is 113 Å². The van der Waals surface area contributed by atoms with Crippen molar-refractivity contribution in [2.75, 3.05) is 13.9 Å². The molecule has 1 aromatic rings. The third-order valence-corrected chi connectivity index (χ3v) is 3.33. The lowest BCUT2D eigenvalue weighted by Gasteiger charge is -2.20. The van der Waals surface area contributed by atoms with Crippen molar-refractivity contribution in [3.05, 3.63) is 17.7 Å². The number of hydrogen-bond donors (Lipinski definition) is 2. The highest BCUT2D eigenvalue weighted by molar-refractivity contribution is 5.55. The first-order valence-corrected chi connectivity index (χ1v) is 6.58. The van der Waals surface area contributed by atoms with Gasteiger partial charge in [-0.25, -0.2) is 0 Å². The van der Waals surface area contributed by atoms with E-state index in [9.17, 15) is 5.11 Å². The SMILES string of the molecule is CCCC[C@@H](O)[C@@H](N)c1cc(OC)c2c(c1)OCO2. The first-order chi connectivity index (χ1) is 9.17. The maximum atomic E-state index is 10.1. The highest BCUT2D eigenvalue weighted by atomic mass is 16.7. The van der Waals surface area contributed by atoms with Gasteiger partial charge in [-0.1, -0.05) is 19.8 Å². The summed E-state index contributed by atoms with van der Waals surface area (Å²) in [6, 6.07) is 3.16.